The summed E-state index contributed by atoms with van der Waals surface area (Å²) in [5.41, 5.74) is 0. The lowest BCUT2D eigenvalue weighted by atomic mass is 10.1. The number of aromatic nitrogens is 3. The van der Waals surface area contributed by atoms with Crippen LogP contribution in [0.5, 0.6) is 0 Å². The summed E-state index contributed by atoms with van der Waals surface area (Å²) in [4.78, 5) is 4.01. The van der Waals surface area contributed by atoms with Crippen LogP contribution in [0, 0.1) is 5.92 Å². The lowest BCUT2D eigenvalue weighted by molar-refractivity contribution is 0.596. The van der Waals surface area contributed by atoms with Gasteiger partial charge in [-0.2, -0.15) is 16.7 Å². The molecule has 1 aliphatic rings. The maximum absolute atomic E-state index is 5.86. The number of anilines is 1. The molecule has 2 rings (SSSR count). The second-order valence-electron chi connectivity index (χ2n) is 3.49. The van der Waals surface area contributed by atoms with Gasteiger partial charge >= 0.3 is 0 Å². The molecule has 2 heterocycles. The zero-order valence-corrected chi connectivity index (χ0v) is 10.4. The Hall–Kier alpha value is -0.260. The highest BCUT2D eigenvalue weighted by molar-refractivity contribution is 7.99. The zero-order valence-electron chi connectivity index (χ0n) is 8.07. The molecule has 82 valence electrons. The van der Waals surface area contributed by atoms with E-state index in [2.05, 4.69) is 27.4 Å². The SMILES string of the molecule is CC1CSCC1Nc1nc(Cl)nnc1Cl. The fourth-order valence-electron chi connectivity index (χ4n) is 1.41. The molecule has 1 aromatic heterocycles. The predicted molar refractivity (Wildman–Crippen MR) is 63.7 cm³/mol. The quantitative estimate of drug-likeness (QED) is 0.889. The van der Waals surface area contributed by atoms with Gasteiger partial charge in [0.15, 0.2) is 11.0 Å². The standard InChI is InChI=1S/C8H10Cl2N4S/c1-4-2-15-3-5(4)11-7-6(9)13-14-8(10)12-7/h4-5H,2-3H2,1H3,(H,11,12,14). The highest BCUT2D eigenvalue weighted by Crippen LogP contribution is 2.27. The Morgan fingerprint density at radius 2 is 2.13 bits per heavy atom. The molecular formula is C8H10Cl2N4S. The Kier molecular flexibility index (Phi) is 3.53. The number of rotatable bonds is 2. The highest BCUT2D eigenvalue weighted by atomic mass is 35.5. The molecule has 4 nitrogen and oxygen atoms in total. The van der Waals surface area contributed by atoms with Crippen molar-refractivity contribution in [3.8, 4) is 0 Å². The topological polar surface area (TPSA) is 50.7 Å². The van der Waals surface area contributed by atoms with Gasteiger partial charge in [-0.25, -0.2) is 0 Å². The van der Waals surface area contributed by atoms with Crippen LogP contribution in [0.15, 0.2) is 0 Å². The molecule has 1 saturated heterocycles. The van der Waals surface area contributed by atoms with Crippen LogP contribution in [0.1, 0.15) is 6.92 Å². The summed E-state index contributed by atoms with van der Waals surface area (Å²) in [6.45, 7) is 2.20. The molecule has 2 unspecified atom stereocenters. The van der Waals surface area contributed by atoms with Crippen LogP contribution in [-0.2, 0) is 0 Å². The minimum atomic E-state index is 0.111. The van der Waals surface area contributed by atoms with Gasteiger partial charge in [-0.3, -0.25) is 0 Å². The summed E-state index contributed by atoms with van der Waals surface area (Å²) < 4.78 is 0. The molecule has 15 heavy (non-hydrogen) atoms. The van der Waals surface area contributed by atoms with E-state index in [-0.39, 0.29) is 10.4 Å². The van der Waals surface area contributed by atoms with Gasteiger partial charge in [-0.05, 0) is 23.3 Å². The van der Waals surface area contributed by atoms with E-state index in [9.17, 15) is 0 Å². The van der Waals surface area contributed by atoms with Crippen LogP contribution in [-0.4, -0.2) is 32.7 Å². The van der Waals surface area contributed by atoms with Crippen LogP contribution in [0.2, 0.25) is 10.4 Å². The summed E-state index contributed by atoms with van der Waals surface area (Å²) in [5.74, 6) is 3.33. The Morgan fingerprint density at radius 3 is 2.80 bits per heavy atom. The first-order valence-corrected chi connectivity index (χ1v) is 6.48. The van der Waals surface area contributed by atoms with Gasteiger partial charge in [-0.15, -0.1) is 10.2 Å². The van der Waals surface area contributed by atoms with Crippen LogP contribution < -0.4 is 5.32 Å². The molecule has 2 atom stereocenters. The molecular weight excluding hydrogens is 255 g/mol. The number of nitrogens with one attached hydrogen (secondary N) is 1. The van der Waals surface area contributed by atoms with E-state index < -0.39 is 0 Å². The van der Waals surface area contributed by atoms with Crippen LogP contribution in [0.25, 0.3) is 0 Å². The smallest absolute Gasteiger partial charge is 0.245 e. The molecule has 0 radical (unpaired) electrons. The zero-order chi connectivity index (χ0) is 10.8. The van der Waals surface area contributed by atoms with Crippen molar-refractivity contribution in [2.45, 2.75) is 13.0 Å². The summed E-state index contributed by atoms with van der Waals surface area (Å²) in [6, 6.07) is 0.375. The lowest BCUT2D eigenvalue weighted by Gasteiger charge is -2.17. The largest absolute Gasteiger partial charge is 0.363 e. The molecule has 1 N–H and O–H groups in total. The third-order valence-electron chi connectivity index (χ3n) is 2.31. The van der Waals surface area contributed by atoms with E-state index in [1.807, 2.05) is 11.8 Å². The van der Waals surface area contributed by atoms with E-state index >= 15 is 0 Å². The average Bonchev–Trinajstić information content (AvgIpc) is 2.58. The van der Waals surface area contributed by atoms with Crippen molar-refractivity contribution in [1.82, 2.24) is 15.2 Å². The molecule has 0 amide bonds. The van der Waals surface area contributed by atoms with Crippen molar-refractivity contribution in [3.05, 3.63) is 10.4 Å². The van der Waals surface area contributed by atoms with E-state index in [1.54, 1.807) is 0 Å². The van der Waals surface area contributed by atoms with Crippen molar-refractivity contribution in [3.63, 3.8) is 0 Å². The van der Waals surface area contributed by atoms with E-state index in [0.717, 1.165) is 11.5 Å². The second kappa shape index (κ2) is 4.72. The Labute approximate surface area is 102 Å². The van der Waals surface area contributed by atoms with Crippen LogP contribution in [0.3, 0.4) is 0 Å². The fourth-order valence-corrected chi connectivity index (χ4v) is 3.07. The monoisotopic (exact) mass is 264 g/mol. The molecule has 0 bridgehead atoms. The number of thioether (sulfide) groups is 1. The van der Waals surface area contributed by atoms with E-state index in [0.29, 0.717) is 17.8 Å². The minimum Gasteiger partial charge on any atom is -0.363 e. The third-order valence-corrected chi connectivity index (χ3v) is 4.08. The Bertz CT molecular complexity index is 362. The van der Waals surface area contributed by atoms with Crippen molar-refractivity contribution in [2.24, 2.45) is 5.92 Å². The molecule has 0 spiro atoms. The lowest BCUT2D eigenvalue weighted by Crippen LogP contribution is -2.26. The normalized spacial score (nSPS) is 25.5. The fraction of sp³-hybridized carbons (Fsp3) is 0.625. The third kappa shape index (κ3) is 2.65. The average molecular weight is 265 g/mol. The van der Waals surface area contributed by atoms with Gasteiger partial charge in [-0.1, -0.05) is 18.5 Å². The number of hydrogen-bond acceptors (Lipinski definition) is 5. The summed E-state index contributed by atoms with van der Waals surface area (Å²) in [7, 11) is 0. The second-order valence-corrected chi connectivity index (χ2v) is 5.26. The molecule has 0 aliphatic carbocycles. The van der Waals surface area contributed by atoms with Gasteiger partial charge < -0.3 is 5.32 Å². The molecule has 1 aliphatic heterocycles. The van der Waals surface area contributed by atoms with Gasteiger partial charge in [0.1, 0.15) is 0 Å². The van der Waals surface area contributed by atoms with Gasteiger partial charge in [0.05, 0.1) is 0 Å². The number of hydrogen-bond donors (Lipinski definition) is 1. The number of halogens is 2. The van der Waals surface area contributed by atoms with Crippen molar-refractivity contribution in [2.75, 3.05) is 16.8 Å². The highest BCUT2D eigenvalue weighted by Gasteiger charge is 2.25. The summed E-state index contributed by atoms with van der Waals surface area (Å²) >= 11 is 13.4. The molecule has 7 heteroatoms. The van der Waals surface area contributed by atoms with Gasteiger partial charge in [0.25, 0.3) is 0 Å². The molecule has 0 aromatic carbocycles. The van der Waals surface area contributed by atoms with Crippen molar-refractivity contribution >= 4 is 40.8 Å². The van der Waals surface area contributed by atoms with E-state index in [4.69, 9.17) is 23.2 Å². The summed E-state index contributed by atoms with van der Waals surface area (Å²) in [5, 5.41) is 10.9. The Balaban J connectivity index is 2.12. The van der Waals surface area contributed by atoms with Gasteiger partial charge in [0, 0.05) is 11.8 Å². The van der Waals surface area contributed by atoms with Gasteiger partial charge in [0.2, 0.25) is 5.28 Å². The van der Waals surface area contributed by atoms with Crippen molar-refractivity contribution in [1.29, 1.82) is 0 Å². The number of nitrogens with zero attached hydrogens (tertiary/aromatic N) is 3. The maximum atomic E-state index is 5.86. The van der Waals surface area contributed by atoms with Crippen LogP contribution in [0.4, 0.5) is 5.82 Å². The van der Waals surface area contributed by atoms with E-state index in [1.165, 1.54) is 0 Å². The molecule has 1 aromatic rings. The first-order chi connectivity index (χ1) is 7.16. The van der Waals surface area contributed by atoms with Crippen molar-refractivity contribution < 1.29 is 0 Å². The maximum Gasteiger partial charge on any atom is 0.245 e. The first kappa shape index (κ1) is 11.2. The Morgan fingerprint density at radius 1 is 1.33 bits per heavy atom. The first-order valence-electron chi connectivity index (χ1n) is 4.57. The minimum absolute atomic E-state index is 0.111. The predicted octanol–water partition coefficient (Wildman–Crippen LogP) is 2.34. The molecule has 1 fully saturated rings. The molecule has 0 saturated carbocycles. The summed E-state index contributed by atoms with van der Waals surface area (Å²) in [6.07, 6.45) is 0. The van der Waals surface area contributed by atoms with Crippen LogP contribution >= 0.6 is 35.0 Å².